The quantitative estimate of drug-likeness (QED) is 0.208. The van der Waals surface area contributed by atoms with E-state index in [9.17, 15) is 0 Å². The van der Waals surface area contributed by atoms with Crippen molar-refractivity contribution in [2.75, 3.05) is 41.3 Å². The van der Waals surface area contributed by atoms with Crippen LogP contribution in [-0.4, -0.2) is 71.1 Å². The lowest BCUT2D eigenvalue weighted by atomic mass is 10.2. The Morgan fingerprint density at radius 1 is 0.867 bits per heavy atom. The second kappa shape index (κ2) is 7.99. The molecule has 3 heterocycles. The van der Waals surface area contributed by atoms with Gasteiger partial charge in [0.15, 0.2) is 0 Å². The minimum atomic E-state index is -0.150. The summed E-state index contributed by atoms with van der Waals surface area (Å²) in [5.41, 5.74) is 31.2. The number of hydrogen-bond acceptors (Lipinski definition) is 11. The van der Waals surface area contributed by atoms with Crippen LogP contribution >= 0.6 is 0 Å². The molecule has 12 N–H and O–H groups in total. The number of nitrogen functional groups attached to an aromatic ring is 1. The maximum absolute atomic E-state index is 7.63. The highest BCUT2D eigenvalue weighted by Gasteiger charge is 2.32. The molecule has 30 heavy (non-hydrogen) atoms. The first-order valence-electron chi connectivity index (χ1n) is 9.80. The molecule has 0 amide bonds. The molecule has 0 radical (unpaired) electrons. The minimum absolute atomic E-state index is 0.0178. The van der Waals surface area contributed by atoms with Crippen molar-refractivity contribution in [3.8, 4) is 0 Å². The zero-order valence-corrected chi connectivity index (χ0v) is 16.6. The predicted molar refractivity (Wildman–Crippen MR) is 117 cm³/mol. The smallest absolute Gasteiger partial charge is 0.233 e. The average molecular weight is 413 g/mol. The van der Waals surface area contributed by atoms with Gasteiger partial charge in [-0.25, -0.2) is 0 Å². The van der Waals surface area contributed by atoms with Gasteiger partial charge in [-0.1, -0.05) is 12.1 Å². The third-order valence-corrected chi connectivity index (χ3v) is 5.43. The first-order chi connectivity index (χ1) is 14.3. The van der Waals surface area contributed by atoms with Crippen molar-refractivity contribution in [2.45, 2.75) is 24.2 Å². The Morgan fingerprint density at radius 2 is 1.37 bits per heavy atom. The molecule has 12 nitrogen and oxygen atoms in total. The predicted octanol–water partition coefficient (Wildman–Crippen LogP) is -2.15. The van der Waals surface area contributed by atoms with Gasteiger partial charge in [0.05, 0.1) is 0 Å². The lowest BCUT2D eigenvalue weighted by Crippen LogP contribution is -2.39. The molecule has 1 aromatic heterocycles. The van der Waals surface area contributed by atoms with Crippen LogP contribution in [-0.2, 0) is 0 Å². The van der Waals surface area contributed by atoms with Crippen LogP contribution in [0.25, 0.3) is 0 Å². The monoisotopic (exact) mass is 412 g/mol. The molecule has 0 aliphatic carbocycles. The Kier molecular flexibility index (Phi) is 5.39. The summed E-state index contributed by atoms with van der Waals surface area (Å²) in [6.45, 7) is 2.23. The molecule has 0 spiro atoms. The van der Waals surface area contributed by atoms with Gasteiger partial charge in [0.2, 0.25) is 17.8 Å². The van der Waals surface area contributed by atoms with Crippen molar-refractivity contribution in [1.82, 2.24) is 15.0 Å². The molecule has 2 aromatic rings. The number of amidine groups is 1. The first kappa shape index (κ1) is 20.2. The third kappa shape index (κ3) is 4.11. The van der Waals surface area contributed by atoms with Crippen molar-refractivity contribution < 1.29 is 0 Å². The third-order valence-electron chi connectivity index (χ3n) is 5.43. The Labute approximate surface area is 174 Å². The number of rotatable bonds is 5. The summed E-state index contributed by atoms with van der Waals surface area (Å²) in [6, 6.07) is 6.57. The van der Waals surface area contributed by atoms with E-state index in [1.54, 1.807) is 18.2 Å². The van der Waals surface area contributed by atoms with Crippen molar-refractivity contribution >= 4 is 29.4 Å². The summed E-state index contributed by atoms with van der Waals surface area (Å²) >= 11 is 0. The molecule has 2 aliphatic heterocycles. The van der Waals surface area contributed by atoms with E-state index in [1.165, 1.54) is 0 Å². The highest BCUT2D eigenvalue weighted by Crippen LogP contribution is 2.24. The van der Waals surface area contributed by atoms with Crippen LogP contribution in [0.5, 0.6) is 0 Å². The van der Waals surface area contributed by atoms with Crippen LogP contribution in [0.1, 0.15) is 5.56 Å². The van der Waals surface area contributed by atoms with E-state index in [1.807, 2.05) is 15.9 Å². The number of aromatic nitrogens is 3. The van der Waals surface area contributed by atoms with E-state index >= 15 is 0 Å². The fourth-order valence-electron chi connectivity index (χ4n) is 3.62. The molecule has 2 aliphatic rings. The summed E-state index contributed by atoms with van der Waals surface area (Å²) < 4.78 is 0. The van der Waals surface area contributed by atoms with Gasteiger partial charge in [0.25, 0.3) is 0 Å². The Hall–Kier alpha value is -3.06. The molecular weight excluding hydrogens is 384 g/mol. The number of nitrogens with zero attached hydrogens (tertiary/aromatic N) is 5. The standard InChI is InChI=1S/C18H28N12/c19-11-5-29(6-12(11)20)17-26-16(25-10-3-1-2-9(4-10)15(23)24)27-18(28-17)30-7-13(21)14(22)8-30/h1-4,11-14H,5-8,19-22H2,(H3,23,24)(H,25,26,27,28). The zero-order chi connectivity index (χ0) is 21.4. The van der Waals surface area contributed by atoms with E-state index in [0.29, 0.717) is 55.3 Å². The normalized spacial score (nSPS) is 26.3. The molecule has 4 rings (SSSR count). The maximum atomic E-state index is 7.63. The van der Waals surface area contributed by atoms with Gasteiger partial charge in [-0.3, -0.25) is 5.41 Å². The SMILES string of the molecule is N=C(N)c1cccc(Nc2nc(N3CC(N)C(N)C3)nc(N3CC(N)C(N)C3)n2)c1. The van der Waals surface area contributed by atoms with Crippen molar-refractivity contribution in [2.24, 2.45) is 28.7 Å². The minimum Gasteiger partial charge on any atom is -0.384 e. The summed E-state index contributed by atoms with van der Waals surface area (Å²) in [4.78, 5) is 17.7. The number of benzene rings is 1. The van der Waals surface area contributed by atoms with E-state index in [-0.39, 0.29) is 30.0 Å². The fourth-order valence-corrected chi connectivity index (χ4v) is 3.62. The van der Waals surface area contributed by atoms with Crippen LogP contribution < -0.4 is 43.8 Å². The summed E-state index contributed by atoms with van der Waals surface area (Å²) in [7, 11) is 0. The summed E-state index contributed by atoms with van der Waals surface area (Å²) in [6.07, 6.45) is 0. The molecular formula is C18H28N12. The number of nitrogens with one attached hydrogen (secondary N) is 2. The van der Waals surface area contributed by atoms with Gasteiger partial charge in [0.1, 0.15) is 5.84 Å². The van der Waals surface area contributed by atoms with E-state index in [0.717, 1.165) is 0 Å². The molecule has 1 aromatic carbocycles. The number of nitrogens with two attached hydrogens (primary N) is 5. The fraction of sp³-hybridized carbons (Fsp3) is 0.444. The maximum Gasteiger partial charge on any atom is 0.233 e. The van der Waals surface area contributed by atoms with Gasteiger partial charge < -0.3 is 43.8 Å². The first-order valence-corrected chi connectivity index (χ1v) is 9.80. The van der Waals surface area contributed by atoms with Crippen molar-refractivity contribution in [3.63, 3.8) is 0 Å². The van der Waals surface area contributed by atoms with Crippen LogP contribution in [0.4, 0.5) is 23.5 Å². The van der Waals surface area contributed by atoms with Gasteiger partial charge in [0, 0.05) is 61.6 Å². The highest BCUT2D eigenvalue weighted by atomic mass is 15.4. The largest absolute Gasteiger partial charge is 0.384 e. The van der Waals surface area contributed by atoms with Gasteiger partial charge in [-0.15, -0.1) is 0 Å². The van der Waals surface area contributed by atoms with Gasteiger partial charge >= 0.3 is 0 Å². The second-order valence-electron chi connectivity index (χ2n) is 7.84. The topological polar surface area (TPSA) is 211 Å². The number of hydrogen-bond donors (Lipinski definition) is 7. The van der Waals surface area contributed by atoms with Crippen LogP contribution in [0.15, 0.2) is 24.3 Å². The van der Waals surface area contributed by atoms with Crippen molar-refractivity contribution in [1.29, 1.82) is 5.41 Å². The van der Waals surface area contributed by atoms with Crippen molar-refractivity contribution in [3.05, 3.63) is 29.8 Å². The molecule has 160 valence electrons. The molecule has 2 saturated heterocycles. The highest BCUT2D eigenvalue weighted by molar-refractivity contribution is 5.95. The summed E-state index contributed by atoms with van der Waals surface area (Å²) in [5, 5.41) is 10.8. The van der Waals surface area contributed by atoms with E-state index in [4.69, 9.17) is 34.1 Å². The van der Waals surface area contributed by atoms with Gasteiger partial charge in [-0.05, 0) is 12.1 Å². The van der Waals surface area contributed by atoms with Crippen LogP contribution in [0.2, 0.25) is 0 Å². The van der Waals surface area contributed by atoms with Crippen LogP contribution in [0, 0.1) is 5.41 Å². The molecule has 2 fully saturated rings. The Morgan fingerprint density at radius 3 is 1.83 bits per heavy atom. The number of anilines is 4. The van der Waals surface area contributed by atoms with Gasteiger partial charge in [-0.2, -0.15) is 15.0 Å². The summed E-state index contributed by atoms with van der Waals surface area (Å²) in [5.74, 6) is 1.32. The molecule has 12 heteroatoms. The Bertz CT molecular complexity index is 871. The second-order valence-corrected chi connectivity index (χ2v) is 7.84. The zero-order valence-electron chi connectivity index (χ0n) is 16.6. The van der Waals surface area contributed by atoms with Crippen LogP contribution in [0.3, 0.4) is 0 Å². The molecule has 4 unspecified atom stereocenters. The molecule has 0 bridgehead atoms. The average Bonchev–Trinajstić information content (AvgIpc) is 3.23. The van der Waals surface area contributed by atoms with E-state index in [2.05, 4.69) is 20.3 Å². The van der Waals surface area contributed by atoms with E-state index < -0.39 is 0 Å². The molecule has 4 atom stereocenters. The Balaban J connectivity index is 1.67. The molecule has 0 saturated carbocycles. The lowest BCUT2D eigenvalue weighted by Gasteiger charge is -2.21. The lowest BCUT2D eigenvalue weighted by molar-refractivity contribution is 0.642.